The molecule has 3 rings (SSSR count). The highest BCUT2D eigenvalue weighted by Gasteiger charge is 2.48. The first-order chi connectivity index (χ1) is 13.6. The minimum atomic E-state index is 0.0685. The van der Waals surface area contributed by atoms with Gasteiger partial charge < -0.3 is 18.9 Å². The van der Waals surface area contributed by atoms with Crippen molar-refractivity contribution in [1.82, 2.24) is 0 Å². The van der Waals surface area contributed by atoms with Gasteiger partial charge in [0, 0.05) is 5.92 Å². The molecule has 0 aliphatic carbocycles. The van der Waals surface area contributed by atoms with Gasteiger partial charge in [-0.05, 0) is 42.9 Å². The van der Waals surface area contributed by atoms with Crippen molar-refractivity contribution in [3.8, 4) is 5.75 Å². The first kappa shape index (κ1) is 21.6. The third kappa shape index (κ3) is 4.90. The van der Waals surface area contributed by atoms with Gasteiger partial charge in [0.1, 0.15) is 5.75 Å². The van der Waals surface area contributed by atoms with Crippen molar-refractivity contribution in [3.05, 3.63) is 29.8 Å². The molecular weight excluding hydrogens is 352 g/mol. The number of benzene rings is 1. The molecule has 2 saturated heterocycles. The monoisotopic (exact) mass is 390 g/mol. The summed E-state index contributed by atoms with van der Waals surface area (Å²) in [7, 11) is 1.69. The SMILES string of the molecule is CCC[C@@H]1O[C@H]2C[C@@H](C)[C@@H](CCC)O[C@H]2[C@H](C)[C@H]1OCc1ccc(OC)cc1. The Morgan fingerprint density at radius 2 is 1.64 bits per heavy atom. The van der Waals surface area contributed by atoms with E-state index in [2.05, 4.69) is 39.8 Å². The molecular formula is C24H38O4. The van der Waals surface area contributed by atoms with E-state index in [1.165, 1.54) is 0 Å². The van der Waals surface area contributed by atoms with E-state index in [9.17, 15) is 0 Å². The van der Waals surface area contributed by atoms with Gasteiger partial charge >= 0.3 is 0 Å². The molecule has 7 atom stereocenters. The Morgan fingerprint density at radius 1 is 0.964 bits per heavy atom. The van der Waals surface area contributed by atoms with Crippen molar-refractivity contribution < 1.29 is 18.9 Å². The summed E-state index contributed by atoms with van der Waals surface area (Å²) in [6.45, 7) is 9.65. The molecule has 0 aromatic heterocycles. The summed E-state index contributed by atoms with van der Waals surface area (Å²) in [6, 6.07) is 8.11. The minimum absolute atomic E-state index is 0.0685. The van der Waals surface area contributed by atoms with Crippen LogP contribution in [0.2, 0.25) is 0 Å². The Balaban J connectivity index is 1.68. The summed E-state index contributed by atoms with van der Waals surface area (Å²) in [6.07, 6.45) is 6.45. The summed E-state index contributed by atoms with van der Waals surface area (Å²) >= 11 is 0. The van der Waals surface area contributed by atoms with Gasteiger partial charge in [0.15, 0.2) is 0 Å². The van der Waals surface area contributed by atoms with Gasteiger partial charge in [0.2, 0.25) is 0 Å². The molecule has 2 aliphatic rings. The number of hydrogen-bond acceptors (Lipinski definition) is 4. The summed E-state index contributed by atoms with van der Waals surface area (Å²) < 4.78 is 24.8. The highest BCUT2D eigenvalue weighted by molar-refractivity contribution is 5.26. The van der Waals surface area contributed by atoms with Crippen LogP contribution in [0.15, 0.2) is 24.3 Å². The quantitative estimate of drug-likeness (QED) is 0.597. The third-order valence-corrected chi connectivity index (χ3v) is 6.44. The van der Waals surface area contributed by atoms with Crippen LogP contribution < -0.4 is 4.74 Å². The van der Waals surface area contributed by atoms with Crippen LogP contribution in [0.1, 0.15) is 65.4 Å². The van der Waals surface area contributed by atoms with E-state index < -0.39 is 0 Å². The normalized spacial score (nSPS) is 35.4. The van der Waals surface area contributed by atoms with Crippen LogP contribution in [0.3, 0.4) is 0 Å². The number of methoxy groups -OCH3 is 1. The summed E-state index contributed by atoms with van der Waals surface area (Å²) in [4.78, 5) is 0. The van der Waals surface area contributed by atoms with Crippen molar-refractivity contribution in [2.45, 2.75) is 96.9 Å². The second-order valence-electron chi connectivity index (χ2n) is 8.63. The smallest absolute Gasteiger partial charge is 0.118 e. The van der Waals surface area contributed by atoms with Gasteiger partial charge in [-0.1, -0.05) is 52.7 Å². The molecule has 28 heavy (non-hydrogen) atoms. The molecule has 0 saturated carbocycles. The molecule has 2 fully saturated rings. The van der Waals surface area contributed by atoms with Gasteiger partial charge in [-0.25, -0.2) is 0 Å². The molecule has 4 nitrogen and oxygen atoms in total. The maximum Gasteiger partial charge on any atom is 0.118 e. The number of rotatable bonds is 8. The molecule has 2 aliphatic heterocycles. The summed E-state index contributed by atoms with van der Waals surface area (Å²) in [5.41, 5.74) is 1.16. The molecule has 0 amide bonds. The lowest BCUT2D eigenvalue weighted by molar-refractivity contribution is -0.265. The standard InChI is InChI=1S/C24H38O4/c1-6-8-20-16(3)14-22-24(28-20)17(4)23(21(27-22)9-7-2)26-15-18-10-12-19(25-5)13-11-18/h10-13,16-17,20-24H,6-9,14-15H2,1-5H3/t16-,17-,20-,21+,22+,23-,24+/m1/s1. The van der Waals surface area contributed by atoms with Crippen LogP contribution in [0, 0.1) is 11.8 Å². The van der Waals surface area contributed by atoms with E-state index >= 15 is 0 Å². The van der Waals surface area contributed by atoms with Crippen molar-refractivity contribution in [2.75, 3.05) is 7.11 Å². The number of hydrogen-bond donors (Lipinski definition) is 0. The van der Waals surface area contributed by atoms with Crippen LogP contribution in [0.25, 0.3) is 0 Å². The Labute approximate surface area is 170 Å². The fourth-order valence-corrected chi connectivity index (χ4v) is 4.83. The Hall–Kier alpha value is -1.10. The third-order valence-electron chi connectivity index (χ3n) is 6.44. The molecule has 4 heteroatoms. The van der Waals surface area contributed by atoms with Crippen LogP contribution in [-0.2, 0) is 20.8 Å². The predicted molar refractivity (Wildman–Crippen MR) is 112 cm³/mol. The van der Waals surface area contributed by atoms with Crippen molar-refractivity contribution in [3.63, 3.8) is 0 Å². The zero-order valence-electron chi connectivity index (χ0n) is 18.2. The molecule has 0 N–H and O–H groups in total. The fourth-order valence-electron chi connectivity index (χ4n) is 4.83. The average molecular weight is 391 g/mol. The van der Waals surface area contributed by atoms with Crippen LogP contribution >= 0.6 is 0 Å². The van der Waals surface area contributed by atoms with E-state index in [1.54, 1.807) is 7.11 Å². The average Bonchev–Trinajstić information content (AvgIpc) is 2.70. The summed E-state index contributed by atoms with van der Waals surface area (Å²) in [5, 5.41) is 0. The first-order valence-corrected chi connectivity index (χ1v) is 11.1. The zero-order chi connectivity index (χ0) is 20.1. The van der Waals surface area contributed by atoms with Gasteiger partial charge in [-0.15, -0.1) is 0 Å². The van der Waals surface area contributed by atoms with Crippen LogP contribution in [0.4, 0.5) is 0 Å². The van der Waals surface area contributed by atoms with Crippen LogP contribution in [-0.4, -0.2) is 37.6 Å². The molecule has 1 aromatic carbocycles. The van der Waals surface area contributed by atoms with Crippen molar-refractivity contribution in [2.24, 2.45) is 11.8 Å². The zero-order valence-corrected chi connectivity index (χ0v) is 18.2. The van der Waals surface area contributed by atoms with E-state index in [4.69, 9.17) is 18.9 Å². The number of fused-ring (bicyclic) bond motifs is 1. The Kier molecular flexibility index (Phi) is 7.78. The Bertz CT molecular complexity index is 587. The molecule has 2 heterocycles. The highest BCUT2D eigenvalue weighted by atomic mass is 16.6. The molecule has 0 radical (unpaired) electrons. The Morgan fingerprint density at radius 3 is 2.29 bits per heavy atom. The molecule has 0 spiro atoms. The van der Waals surface area contributed by atoms with E-state index in [-0.39, 0.29) is 24.4 Å². The topological polar surface area (TPSA) is 36.9 Å². The van der Waals surface area contributed by atoms with Crippen molar-refractivity contribution in [1.29, 1.82) is 0 Å². The van der Waals surface area contributed by atoms with E-state index in [0.29, 0.717) is 24.5 Å². The maximum absolute atomic E-state index is 6.57. The lowest BCUT2D eigenvalue weighted by Gasteiger charge is -2.51. The van der Waals surface area contributed by atoms with Crippen LogP contribution in [0.5, 0.6) is 5.75 Å². The maximum atomic E-state index is 6.57. The van der Waals surface area contributed by atoms with E-state index in [1.807, 2.05) is 12.1 Å². The lowest BCUT2D eigenvalue weighted by atomic mass is 9.79. The largest absolute Gasteiger partial charge is 0.497 e. The van der Waals surface area contributed by atoms with E-state index in [0.717, 1.165) is 43.4 Å². The van der Waals surface area contributed by atoms with Gasteiger partial charge in [0.25, 0.3) is 0 Å². The first-order valence-electron chi connectivity index (χ1n) is 11.1. The number of ether oxygens (including phenoxy) is 4. The molecule has 0 unspecified atom stereocenters. The predicted octanol–water partition coefficient (Wildman–Crippen LogP) is 5.38. The van der Waals surface area contributed by atoms with Gasteiger partial charge in [-0.2, -0.15) is 0 Å². The second-order valence-corrected chi connectivity index (χ2v) is 8.63. The van der Waals surface area contributed by atoms with Gasteiger partial charge in [0.05, 0.1) is 44.2 Å². The fraction of sp³-hybridized carbons (Fsp3) is 0.750. The molecule has 158 valence electrons. The molecule has 0 bridgehead atoms. The van der Waals surface area contributed by atoms with Crippen molar-refractivity contribution >= 4 is 0 Å². The minimum Gasteiger partial charge on any atom is -0.497 e. The lowest BCUT2D eigenvalue weighted by Crippen LogP contribution is -2.59. The summed E-state index contributed by atoms with van der Waals surface area (Å²) in [5.74, 6) is 1.77. The molecule has 1 aromatic rings. The highest BCUT2D eigenvalue weighted by Crippen LogP contribution is 2.40. The van der Waals surface area contributed by atoms with Gasteiger partial charge in [-0.3, -0.25) is 0 Å². The second kappa shape index (κ2) is 10.1.